The Morgan fingerprint density at radius 1 is 1.50 bits per heavy atom. The molecule has 2 aliphatic rings. The van der Waals surface area contributed by atoms with E-state index in [4.69, 9.17) is 0 Å². The molecule has 2 unspecified atom stereocenters. The molecule has 1 N–H and O–H groups in total. The van der Waals surface area contributed by atoms with E-state index >= 15 is 0 Å². The Morgan fingerprint density at radius 2 is 2.33 bits per heavy atom. The number of hydrogen-bond acceptors (Lipinski definition) is 2. The van der Waals surface area contributed by atoms with E-state index in [1.54, 1.807) is 0 Å². The van der Waals surface area contributed by atoms with Gasteiger partial charge >= 0.3 is 0 Å². The summed E-state index contributed by atoms with van der Waals surface area (Å²) in [7, 11) is 0. The fourth-order valence-corrected chi connectivity index (χ4v) is 2.32. The van der Waals surface area contributed by atoms with Crippen LogP contribution in [0.15, 0.2) is 0 Å². The van der Waals surface area contributed by atoms with Gasteiger partial charge in [-0.15, -0.1) is 0 Å². The molecule has 1 amide bonds. The van der Waals surface area contributed by atoms with Gasteiger partial charge in [-0.3, -0.25) is 9.69 Å². The summed E-state index contributed by atoms with van der Waals surface area (Å²) in [5, 5.41) is 2.89. The van der Waals surface area contributed by atoms with E-state index in [2.05, 4.69) is 17.1 Å². The first-order valence-corrected chi connectivity index (χ1v) is 4.82. The first kappa shape index (κ1) is 8.05. The molecule has 0 radical (unpaired) electrons. The van der Waals surface area contributed by atoms with Crippen molar-refractivity contribution in [2.24, 2.45) is 0 Å². The van der Waals surface area contributed by atoms with Gasteiger partial charge in [0.25, 0.3) is 0 Å². The third-order valence-electron chi connectivity index (χ3n) is 3.02. The third-order valence-corrected chi connectivity index (χ3v) is 3.02. The van der Waals surface area contributed by atoms with Crippen molar-refractivity contribution in [2.75, 3.05) is 13.1 Å². The van der Waals surface area contributed by atoms with E-state index in [0.29, 0.717) is 6.04 Å². The molecule has 2 heterocycles. The summed E-state index contributed by atoms with van der Waals surface area (Å²) in [5.41, 5.74) is 0. The SMILES string of the molecule is CC1CCCN1C1CCNC1=O. The maximum atomic E-state index is 11.4. The Hall–Kier alpha value is -0.570. The maximum absolute atomic E-state index is 11.4. The van der Waals surface area contributed by atoms with Crippen molar-refractivity contribution in [1.29, 1.82) is 0 Å². The lowest BCUT2D eigenvalue weighted by molar-refractivity contribution is -0.123. The lowest BCUT2D eigenvalue weighted by Gasteiger charge is -2.25. The monoisotopic (exact) mass is 168 g/mol. The molecule has 0 aromatic heterocycles. The van der Waals surface area contributed by atoms with Crippen LogP contribution in [-0.2, 0) is 4.79 Å². The van der Waals surface area contributed by atoms with Crippen LogP contribution in [-0.4, -0.2) is 36.0 Å². The standard InChI is InChI=1S/C9H16N2O/c1-7-3-2-6-11(7)8-4-5-10-9(8)12/h7-8H,2-6H2,1H3,(H,10,12). The van der Waals surface area contributed by atoms with Crippen molar-refractivity contribution >= 4 is 5.91 Å². The lowest BCUT2D eigenvalue weighted by atomic mass is 10.2. The van der Waals surface area contributed by atoms with E-state index in [1.807, 2.05) is 0 Å². The van der Waals surface area contributed by atoms with E-state index in [1.165, 1.54) is 12.8 Å². The molecule has 2 fully saturated rings. The van der Waals surface area contributed by atoms with Crippen LogP contribution in [0.25, 0.3) is 0 Å². The number of rotatable bonds is 1. The first-order chi connectivity index (χ1) is 5.79. The van der Waals surface area contributed by atoms with Crippen molar-refractivity contribution in [1.82, 2.24) is 10.2 Å². The van der Waals surface area contributed by atoms with Gasteiger partial charge in [0.2, 0.25) is 5.91 Å². The first-order valence-electron chi connectivity index (χ1n) is 4.82. The van der Waals surface area contributed by atoms with E-state index in [-0.39, 0.29) is 11.9 Å². The summed E-state index contributed by atoms with van der Waals surface area (Å²) in [6.07, 6.45) is 3.51. The number of hydrogen-bond donors (Lipinski definition) is 1. The predicted octanol–water partition coefficient (Wildman–Crippen LogP) is 0.359. The van der Waals surface area contributed by atoms with E-state index in [9.17, 15) is 4.79 Å². The summed E-state index contributed by atoms with van der Waals surface area (Å²) in [6, 6.07) is 0.793. The van der Waals surface area contributed by atoms with Crippen LogP contribution in [0.4, 0.5) is 0 Å². The molecule has 2 saturated heterocycles. The van der Waals surface area contributed by atoms with E-state index in [0.717, 1.165) is 19.5 Å². The smallest absolute Gasteiger partial charge is 0.237 e. The van der Waals surface area contributed by atoms with Gasteiger partial charge in [-0.2, -0.15) is 0 Å². The summed E-state index contributed by atoms with van der Waals surface area (Å²) in [6.45, 7) is 4.20. The van der Waals surface area contributed by atoms with Gasteiger partial charge in [0.05, 0.1) is 6.04 Å². The Labute approximate surface area is 73.1 Å². The highest BCUT2D eigenvalue weighted by molar-refractivity contribution is 5.83. The Morgan fingerprint density at radius 3 is 2.83 bits per heavy atom. The second-order valence-corrected chi connectivity index (χ2v) is 3.82. The normalized spacial score (nSPS) is 37.2. The van der Waals surface area contributed by atoms with Gasteiger partial charge in [-0.25, -0.2) is 0 Å². The number of nitrogens with one attached hydrogen (secondary N) is 1. The zero-order chi connectivity index (χ0) is 8.55. The molecular weight excluding hydrogens is 152 g/mol. The van der Waals surface area contributed by atoms with Crippen LogP contribution in [0.1, 0.15) is 26.2 Å². The minimum absolute atomic E-state index is 0.183. The number of amides is 1. The maximum Gasteiger partial charge on any atom is 0.237 e. The molecule has 12 heavy (non-hydrogen) atoms. The molecule has 3 nitrogen and oxygen atoms in total. The molecule has 0 aromatic carbocycles. The fourth-order valence-electron chi connectivity index (χ4n) is 2.32. The molecule has 68 valence electrons. The van der Waals surface area contributed by atoms with Gasteiger partial charge in [-0.1, -0.05) is 0 Å². The Balaban J connectivity index is 2.03. The zero-order valence-electron chi connectivity index (χ0n) is 7.55. The average molecular weight is 168 g/mol. The van der Waals surface area contributed by atoms with Crippen molar-refractivity contribution in [3.8, 4) is 0 Å². The molecule has 0 spiro atoms. The van der Waals surface area contributed by atoms with Gasteiger partial charge in [0.15, 0.2) is 0 Å². The Bertz CT molecular complexity index is 193. The number of carbonyl (C=O) groups is 1. The molecule has 0 aromatic rings. The van der Waals surface area contributed by atoms with Gasteiger partial charge in [0, 0.05) is 12.6 Å². The minimum Gasteiger partial charge on any atom is -0.355 e. The molecular formula is C9H16N2O. The highest BCUT2D eigenvalue weighted by Crippen LogP contribution is 2.22. The van der Waals surface area contributed by atoms with Crippen LogP contribution in [0, 0.1) is 0 Å². The van der Waals surface area contributed by atoms with Gasteiger partial charge < -0.3 is 5.32 Å². The number of nitrogens with zero attached hydrogens (tertiary/aromatic N) is 1. The quantitative estimate of drug-likeness (QED) is 0.613. The lowest BCUT2D eigenvalue weighted by Crippen LogP contribution is -2.42. The molecule has 3 heteroatoms. The highest BCUT2D eigenvalue weighted by atomic mass is 16.2. The van der Waals surface area contributed by atoms with Crippen LogP contribution >= 0.6 is 0 Å². The number of likely N-dealkylation sites (tertiary alicyclic amines) is 1. The molecule has 0 bridgehead atoms. The molecule has 2 atom stereocenters. The average Bonchev–Trinajstić information content (AvgIpc) is 2.59. The van der Waals surface area contributed by atoms with Gasteiger partial charge in [0.1, 0.15) is 0 Å². The van der Waals surface area contributed by atoms with Gasteiger partial charge in [-0.05, 0) is 32.7 Å². The molecule has 2 rings (SSSR count). The van der Waals surface area contributed by atoms with Crippen LogP contribution < -0.4 is 5.32 Å². The van der Waals surface area contributed by atoms with Crippen LogP contribution in [0.2, 0.25) is 0 Å². The van der Waals surface area contributed by atoms with E-state index < -0.39 is 0 Å². The molecule has 0 saturated carbocycles. The second kappa shape index (κ2) is 3.05. The van der Waals surface area contributed by atoms with Crippen LogP contribution in [0.5, 0.6) is 0 Å². The topological polar surface area (TPSA) is 32.3 Å². The fraction of sp³-hybridized carbons (Fsp3) is 0.889. The van der Waals surface area contributed by atoms with Crippen molar-refractivity contribution in [3.05, 3.63) is 0 Å². The predicted molar refractivity (Wildman–Crippen MR) is 46.8 cm³/mol. The Kier molecular flexibility index (Phi) is 2.05. The molecule has 0 aliphatic carbocycles. The third kappa shape index (κ3) is 1.22. The summed E-state index contributed by atoms with van der Waals surface area (Å²) in [4.78, 5) is 13.7. The second-order valence-electron chi connectivity index (χ2n) is 3.82. The molecule has 2 aliphatic heterocycles. The number of carbonyl (C=O) groups excluding carboxylic acids is 1. The van der Waals surface area contributed by atoms with Crippen molar-refractivity contribution in [3.63, 3.8) is 0 Å². The highest BCUT2D eigenvalue weighted by Gasteiger charge is 2.34. The van der Waals surface area contributed by atoms with Crippen LogP contribution in [0.3, 0.4) is 0 Å². The largest absolute Gasteiger partial charge is 0.355 e. The summed E-state index contributed by atoms with van der Waals surface area (Å²) >= 11 is 0. The zero-order valence-corrected chi connectivity index (χ0v) is 7.55. The minimum atomic E-state index is 0.183. The summed E-state index contributed by atoms with van der Waals surface area (Å²) in [5.74, 6) is 0.240. The van der Waals surface area contributed by atoms with Crippen molar-refractivity contribution in [2.45, 2.75) is 38.3 Å². The van der Waals surface area contributed by atoms with Crippen molar-refractivity contribution < 1.29 is 4.79 Å². The summed E-state index contributed by atoms with van der Waals surface area (Å²) < 4.78 is 0.